The number of aryl methyl sites for hydroxylation is 1. The normalized spacial score (nSPS) is 27.4. The zero-order valence-electron chi connectivity index (χ0n) is 12.8. The third-order valence-electron chi connectivity index (χ3n) is 4.64. The summed E-state index contributed by atoms with van der Waals surface area (Å²) in [5.41, 5.74) is 2.96. The smallest absolute Gasteiger partial charge is 0.00985 e. The first-order chi connectivity index (χ1) is 9.22. The Labute approximate surface area is 118 Å². The van der Waals surface area contributed by atoms with Crippen LogP contribution in [0.25, 0.3) is 0 Å². The van der Waals surface area contributed by atoms with Gasteiger partial charge in [0, 0.05) is 6.04 Å². The summed E-state index contributed by atoms with van der Waals surface area (Å²) in [5, 5.41) is 3.70. The molecule has 1 aliphatic rings. The highest BCUT2D eigenvalue weighted by atomic mass is 14.9. The summed E-state index contributed by atoms with van der Waals surface area (Å²) in [6, 6.07) is 9.99. The van der Waals surface area contributed by atoms with Crippen LogP contribution in [0.4, 0.5) is 0 Å². The van der Waals surface area contributed by atoms with E-state index in [1.165, 1.54) is 36.8 Å². The van der Waals surface area contributed by atoms with Crippen LogP contribution in [0.5, 0.6) is 0 Å². The molecule has 1 aliphatic carbocycles. The first kappa shape index (κ1) is 14.6. The van der Waals surface area contributed by atoms with Gasteiger partial charge in [-0.3, -0.25) is 0 Å². The molecule has 1 nitrogen and oxygen atoms in total. The summed E-state index contributed by atoms with van der Waals surface area (Å²) in [7, 11) is 0. The molecule has 1 aromatic carbocycles. The number of hydrogen-bond acceptors (Lipinski definition) is 1. The van der Waals surface area contributed by atoms with Crippen LogP contribution in [0.1, 0.15) is 51.2 Å². The minimum atomic E-state index is 0.729. The molecule has 1 aromatic rings. The third kappa shape index (κ3) is 4.07. The van der Waals surface area contributed by atoms with E-state index in [-0.39, 0.29) is 0 Å². The minimum Gasteiger partial charge on any atom is -0.314 e. The molecular weight excluding hydrogens is 230 g/mol. The molecule has 0 saturated heterocycles. The van der Waals surface area contributed by atoms with E-state index in [1.807, 2.05) is 0 Å². The van der Waals surface area contributed by atoms with Crippen molar-refractivity contribution in [3.63, 3.8) is 0 Å². The standard InChI is InChI=1S/C18H29N/c1-4-15-7-9-16(10-8-15)13-17-12-14(3)6-11-18(17)19-5-2/h7-10,14,17-19H,4-6,11-13H2,1-3H3. The van der Waals surface area contributed by atoms with E-state index in [9.17, 15) is 0 Å². The second-order valence-corrected chi connectivity index (χ2v) is 6.22. The molecule has 1 saturated carbocycles. The number of nitrogens with one attached hydrogen (secondary N) is 1. The molecule has 1 heteroatoms. The van der Waals surface area contributed by atoms with Gasteiger partial charge in [-0.05, 0) is 61.6 Å². The molecule has 1 N–H and O–H groups in total. The van der Waals surface area contributed by atoms with Crippen LogP contribution in [0, 0.1) is 11.8 Å². The first-order valence-corrected chi connectivity index (χ1v) is 8.04. The van der Waals surface area contributed by atoms with Crippen LogP contribution >= 0.6 is 0 Å². The van der Waals surface area contributed by atoms with Crippen LogP contribution in [0.3, 0.4) is 0 Å². The number of rotatable bonds is 5. The van der Waals surface area contributed by atoms with Crippen LogP contribution in [-0.4, -0.2) is 12.6 Å². The topological polar surface area (TPSA) is 12.0 Å². The van der Waals surface area contributed by atoms with Crippen molar-refractivity contribution in [1.29, 1.82) is 0 Å². The van der Waals surface area contributed by atoms with Gasteiger partial charge in [0.15, 0.2) is 0 Å². The van der Waals surface area contributed by atoms with E-state index >= 15 is 0 Å². The van der Waals surface area contributed by atoms with Gasteiger partial charge in [-0.15, -0.1) is 0 Å². The van der Waals surface area contributed by atoms with Crippen molar-refractivity contribution in [1.82, 2.24) is 5.32 Å². The van der Waals surface area contributed by atoms with Gasteiger partial charge in [0.1, 0.15) is 0 Å². The Morgan fingerprint density at radius 2 is 1.74 bits per heavy atom. The average Bonchev–Trinajstić information content (AvgIpc) is 2.43. The van der Waals surface area contributed by atoms with Crippen LogP contribution in [-0.2, 0) is 12.8 Å². The fourth-order valence-corrected chi connectivity index (χ4v) is 3.47. The highest BCUT2D eigenvalue weighted by molar-refractivity contribution is 5.23. The Morgan fingerprint density at radius 1 is 1.05 bits per heavy atom. The lowest BCUT2D eigenvalue weighted by Gasteiger charge is -2.35. The second-order valence-electron chi connectivity index (χ2n) is 6.22. The summed E-state index contributed by atoms with van der Waals surface area (Å²) in [4.78, 5) is 0. The van der Waals surface area contributed by atoms with E-state index < -0.39 is 0 Å². The Bertz CT molecular complexity index is 368. The van der Waals surface area contributed by atoms with Gasteiger partial charge in [0.25, 0.3) is 0 Å². The maximum atomic E-state index is 3.70. The van der Waals surface area contributed by atoms with Gasteiger partial charge in [0.2, 0.25) is 0 Å². The lowest BCUT2D eigenvalue weighted by atomic mass is 9.76. The van der Waals surface area contributed by atoms with Gasteiger partial charge in [0.05, 0.1) is 0 Å². The molecule has 1 fully saturated rings. The number of benzene rings is 1. The predicted octanol–water partition coefficient (Wildman–Crippen LogP) is 4.21. The summed E-state index contributed by atoms with van der Waals surface area (Å²) >= 11 is 0. The monoisotopic (exact) mass is 259 g/mol. The Morgan fingerprint density at radius 3 is 2.37 bits per heavy atom. The molecule has 3 unspecified atom stereocenters. The number of hydrogen-bond donors (Lipinski definition) is 1. The van der Waals surface area contributed by atoms with Gasteiger partial charge in [-0.1, -0.05) is 45.0 Å². The van der Waals surface area contributed by atoms with Crippen molar-refractivity contribution in [2.75, 3.05) is 6.54 Å². The maximum Gasteiger partial charge on any atom is 0.00985 e. The molecule has 0 spiro atoms. The van der Waals surface area contributed by atoms with Gasteiger partial charge in [-0.25, -0.2) is 0 Å². The molecule has 19 heavy (non-hydrogen) atoms. The molecular formula is C18H29N. The van der Waals surface area contributed by atoms with Crippen molar-refractivity contribution in [2.45, 2.75) is 58.9 Å². The fourth-order valence-electron chi connectivity index (χ4n) is 3.47. The Kier molecular flexibility index (Phi) is 5.45. The molecule has 0 heterocycles. The van der Waals surface area contributed by atoms with E-state index in [0.29, 0.717) is 0 Å². The highest BCUT2D eigenvalue weighted by Crippen LogP contribution is 2.31. The molecule has 0 radical (unpaired) electrons. The van der Waals surface area contributed by atoms with E-state index in [2.05, 4.69) is 50.4 Å². The van der Waals surface area contributed by atoms with E-state index in [1.54, 1.807) is 0 Å². The average molecular weight is 259 g/mol. The summed E-state index contributed by atoms with van der Waals surface area (Å²) in [6.07, 6.45) is 6.51. The maximum absolute atomic E-state index is 3.70. The molecule has 0 aliphatic heterocycles. The molecule has 0 aromatic heterocycles. The van der Waals surface area contributed by atoms with Crippen molar-refractivity contribution in [3.8, 4) is 0 Å². The minimum absolute atomic E-state index is 0.729. The largest absolute Gasteiger partial charge is 0.314 e. The van der Waals surface area contributed by atoms with E-state index in [0.717, 1.165) is 30.8 Å². The first-order valence-electron chi connectivity index (χ1n) is 8.04. The van der Waals surface area contributed by atoms with Gasteiger partial charge < -0.3 is 5.32 Å². The van der Waals surface area contributed by atoms with Gasteiger partial charge >= 0.3 is 0 Å². The molecule has 2 rings (SSSR count). The SMILES string of the molecule is CCNC1CCC(C)CC1Cc1ccc(CC)cc1. The third-order valence-corrected chi connectivity index (χ3v) is 4.64. The van der Waals surface area contributed by atoms with Crippen molar-refractivity contribution in [2.24, 2.45) is 11.8 Å². The molecule has 106 valence electrons. The Hall–Kier alpha value is -0.820. The summed E-state index contributed by atoms with van der Waals surface area (Å²) in [5.74, 6) is 1.71. The van der Waals surface area contributed by atoms with Crippen LogP contribution in [0.2, 0.25) is 0 Å². The predicted molar refractivity (Wildman–Crippen MR) is 83.5 cm³/mol. The summed E-state index contributed by atoms with van der Waals surface area (Å²) < 4.78 is 0. The quantitative estimate of drug-likeness (QED) is 0.835. The van der Waals surface area contributed by atoms with Crippen LogP contribution < -0.4 is 5.32 Å². The summed E-state index contributed by atoms with van der Waals surface area (Å²) in [6.45, 7) is 7.96. The van der Waals surface area contributed by atoms with Crippen molar-refractivity contribution < 1.29 is 0 Å². The zero-order valence-corrected chi connectivity index (χ0v) is 12.8. The zero-order chi connectivity index (χ0) is 13.7. The molecule has 0 bridgehead atoms. The molecule has 3 atom stereocenters. The van der Waals surface area contributed by atoms with Crippen LogP contribution in [0.15, 0.2) is 24.3 Å². The lowest BCUT2D eigenvalue weighted by molar-refractivity contribution is 0.214. The van der Waals surface area contributed by atoms with Crippen molar-refractivity contribution in [3.05, 3.63) is 35.4 Å². The van der Waals surface area contributed by atoms with Gasteiger partial charge in [-0.2, -0.15) is 0 Å². The fraction of sp³-hybridized carbons (Fsp3) is 0.667. The highest BCUT2D eigenvalue weighted by Gasteiger charge is 2.27. The van der Waals surface area contributed by atoms with E-state index in [4.69, 9.17) is 0 Å². The second kappa shape index (κ2) is 7.09. The Balaban J connectivity index is 2.00. The molecule has 0 amide bonds. The lowest BCUT2D eigenvalue weighted by Crippen LogP contribution is -2.41. The van der Waals surface area contributed by atoms with Crippen molar-refractivity contribution >= 4 is 0 Å².